The summed E-state index contributed by atoms with van der Waals surface area (Å²) in [5.41, 5.74) is 0.834. The Bertz CT molecular complexity index is 1010. The summed E-state index contributed by atoms with van der Waals surface area (Å²) in [6.07, 6.45) is -3.99. The van der Waals surface area contributed by atoms with Crippen molar-refractivity contribution in [2.75, 3.05) is 17.2 Å². The van der Waals surface area contributed by atoms with Crippen molar-refractivity contribution < 1.29 is 27.6 Å². The Balaban J connectivity index is 1.54. The zero-order valence-corrected chi connectivity index (χ0v) is 17.3. The minimum atomic E-state index is -4.51. The molecule has 6 nitrogen and oxygen atoms in total. The van der Waals surface area contributed by atoms with Crippen molar-refractivity contribution in [1.29, 1.82) is 0 Å². The van der Waals surface area contributed by atoms with Gasteiger partial charge in [-0.25, -0.2) is 0 Å². The van der Waals surface area contributed by atoms with Crippen molar-refractivity contribution in [2.24, 2.45) is 0 Å². The molecule has 3 rings (SSSR count). The first-order valence-electron chi connectivity index (χ1n) is 9.50. The van der Waals surface area contributed by atoms with Gasteiger partial charge in [0.2, 0.25) is 17.7 Å². The molecule has 0 saturated heterocycles. The van der Waals surface area contributed by atoms with Crippen molar-refractivity contribution in [2.45, 2.75) is 36.1 Å². The molecule has 10 heteroatoms. The first kappa shape index (κ1) is 22.7. The summed E-state index contributed by atoms with van der Waals surface area (Å²) in [6, 6.07) is 10.4. The van der Waals surface area contributed by atoms with Gasteiger partial charge in [0.15, 0.2) is 0 Å². The number of carbonyl (C=O) groups is 3. The standard InChI is InChI=1S/C21H20F3N3O3S/c1-2-12-5-3-4-6-14(12)26-19(29)11-25-18(28)10-17-20(30)27-15-9-13(21(22,23)24)7-8-16(15)31-17/h3-9,17H,2,10-11H2,1H3,(H,25,28)(H,26,29)(H,27,30)/t17-/m0/s1. The fourth-order valence-corrected chi connectivity index (χ4v) is 4.12. The van der Waals surface area contributed by atoms with Crippen LogP contribution in [0.5, 0.6) is 0 Å². The average molecular weight is 451 g/mol. The normalized spacial score (nSPS) is 15.6. The number of amides is 3. The van der Waals surface area contributed by atoms with E-state index < -0.39 is 34.7 Å². The maximum atomic E-state index is 12.8. The highest BCUT2D eigenvalue weighted by molar-refractivity contribution is 8.01. The molecule has 1 heterocycles. The summed E-state index contributed by atoms with van der Waals surface area (Å²) in [4.78, 5) is 37.0. The van der Waals surface area contributed by atoms with E-state index in [9.17, 15) is 27.6 Å². The molecule has 1 aliphatic rings. The lowest BCUT2D eigenvalue weighted by Crippen LogP contribution is -2.38. The lowest BCUT2D eigenvalue weighted by molar-refractivity contribution is -0.137. The van der Waals surface area contributed by atoms with E-state index in [1.807, 2.05) is 19.1 Å². The molecule has 3 N–H and O–H groups in total. The second kappa shape index (κ2) is 9.42. The Morgan fingerprint density at radius 1 is 1.13 bits per heavy atom. The van der Waals surface area contributed by atoms with E-state index in [-0.39, 0.29) is 18.7 Å². The van der Waals surface area contributed by atoms with E-state index in [2.05, 4.69) is 16.0 Å². The molecule has 0 saturated carbocycles. The molecule has 0 aromatic heterocycles. The number of benzene rings is 2. The van der Waals surface area contributed by atoms with Crippen LogP contribution in [0.4, 0.5) is 24.5 Å². The first-order valence-corrected chi connectivity index (χ1v) is 10.4. The van der Waals surface area contributed by atoms with Crippen molar-refractivity contribution >= 4 is 40.9 Å². The van der Waals surface area contributed by atoms with Crippen molar-refractivity contribution in [1.82, 2.24) is 5.32 Å². The topological polar surface area (TPSA) is 87.3 Å². The molecular weight excluding hydrogens is 431 g/mol. The van der Waals surface area contributed by atoms with E-state index >= 15 is 0 Å². The van der Waals surface area contributed by atoms with Crippen LogP contribution in [-0.2, 0) is 27.0 Å². The van der Waals surface area contributed by atoms with Gasteiger partial charge in [0.05, 0.1) is 23.0 Å². The van der Waals surface area contributed by atoms with Crippen LogP contribution in [0, 0.1) is 0 Å². The summed E-state index contributed by atoms with van der Waals surface area (Å²) in [7, 11) is 0. The Hall–Kier alpha value is -3.01. The lowest BCUT2D eigenvalue weighted by Gasteiger charge is -2.24. The first-order chi connectivity index (χ1) is 14.7. The van der Waals surface area contributed by atoms with E-state index in [0.29, 0.717) is 10.6 Å². The number of alkyl halides is 3. The smallest absolute Gasteiger partial charge is 0.347 e. The van der Waals surface area contributed by atoms with Crippen molar-refractivity contribution in [3.63, 3.8) is 0 Å². The van der Waals surface area contributed by atoms with E-state index in [1.165, 1.54) is 6.07 Å². The summed E-state index contributed by atoms with van der Waals surface area (Å²) in [5.74, 6) is -1.48. The molecule has 0 spiro atoms. The highest BCUT2D eigenvalue weighted by Crippen LogP contribution is 2.40. The highest BCUT2D eigenvalue weighted by Gasteiger charge is 2.34. The number of para-hydroxylation sites is 1. The maximum Gasteiger partial charge on any atom is 0.416 e. The number of carbonyl (C=O) groups excluding carboxylic acids is 3. The van der Waals surface area contributed by atoms with Crippen LogP contribution in [0.3, 0.4) is 0 Å². The van der Waals surface area contributed by atoms with Crippen LogP contribution in [0.25, 0.3) is 0 Å². The third-order valence-corrected chi connectivity index (χ3v) is 5.89. The van der Waals surface area contributed by atoms with Gasteiger partial charge < -0.3 is 16.0 Å². The van der Waals surface area contributed by atoms with Gasteiger partial charge in [-0.1, -0.05) is 25.1 Å². The Labute approximate surface area is 181 Å². The fraction of sp³-hybridized carbons (Fsp3) is 0.286. The molecule has 0 aliphatic carbocycles. The summed E-state index contributed by atoms with van der Waals surface area (Å²) in [6.45, 7) is 1.70. The molecule has 164 valence electrons. The number of rotatable bonds is 6. The van der Waals surface area contributed by atoms with Gasteiger partial charge in [-0.05, 0) is 36.2 Å². The number of fused-ring (bicyclic) bond motifs is 1. The molecule has 0 fully saturated rings. The van der Waals surface area contributed by atoms with Gasteiger partial charge in [-0.2, -0.15) is 13.2 Å². The van der Waals surface area contributed by atoms with E-state index in [4.69, 9.17) is 0 Å². The minimum absolute atomic E-state index is 0.0652. The highest BCUT2D eigenvalue weighted by atomic mass is 32.2. The molecule has 2 aromatic carbocycles. The predicted octanol–water partition coefficient (Wildman–Crippen LogP) is 3.83. The molecule has 1 atom stereocenters. The summed E-state index contributed by atoms with van der Waals surface area (Å²) < 4.78 is 38.5. The van der Waals surface area contributed by atoms with Crippen LogP contribution in [0.1, 0.15) is 24.5 Å². The van der Waals surface area contributed by atoms with Crippen molar-refractivity contribution in [3.8, 4) is 0 Å². The molecule has 3 amide bonds. The monoisotopic (exact) mass is 451 g/mol. The van der Waals surface area contributed by atoms with Crippen LogP contribution in [0.15, 0.2) is 47.4 Å². The van der Waals surface area contributed by atoms with Gasteiger partial charge in [0.1, 0.15) is 0 Å². The number of hydrogen-bond donors (Lipinski definition) is 3. The molecular formula is C21H20F3N3O3S. The average Bonchev–Trinajstić information content (AvgIpc) is 2.72. The summed E-state index contributed by atoms with van der Waals surface area (Å²) >= 11 is 1.01. The van der Waals surface area contributed by atoms with E-state index in [0.717, 1.165) is 35.9 Å². The van der Waals surface area contributed by atoms with Gasteiger partial charge >= 0.3 is 6.18 Å². The van der Waals surface area contributed by atoms with Crippen molar-refractivity contribution in [3.05, 3.63) is 53.6 Å². The molecule has 0 unspecified atom stereocenters. The molecule has 31 heavy (non-hydrogen) atoms. The van der Waals surface area contributed by atoms with Gasteiger partial charge in [0.25, 0.3) is 0 Å². The second-order valence-electron chi connectivity index (χ2n) is 6.84. The molecule has 0 radical (unpaired) electrons. The number of thioether (sulfide) groups is 1. The lowest BCUT2D eigenvalue weighted by atomic mass is 10.1. The second-order valence-corrected chi connectivity index (χ2v) is 8.09. The summed E-state index contributed by atoms with van der Waals surface area (Å²) in [5, 5.41) is 6.80. The Morgan fingerprint density at radius 2 is 1.87 bits per heavy atom. The van der Waals surface area contributed by atoms with Crippen LogP contribution in [0.2, 0.25) is 0 Å². The third-order valence-electron chi connectivity index (χ3n) is 4.62. The zero-order valence-electron chi connectivity index (χ0n) is 16.5. The fourth-order valence-electron chi connectivity index (χ4n) is 3.03. The molecule has 2 aromatic rings. The molecule has 1 aliphatic heterocycles. The van der Waals surface area contributed by atoms with Gasteiger partial charge in [-0.3, -0.25) is 14.4 Å². The number of aryl methyl sites for hydroxylation is 1. The Morgan fingerprint density at radius 3 is 2.58 bits per heavy atom. The minimum Gasteiger partial charge on any atom is -0.347 e. The number of hydrogen-bond acceptors (Lipinski definition) is 4. The number of nitrogens with one attached hydrogen (secondary N) is 3. The third kappa shape index (κ3) is 5.78. The maximum absolute atomic E-state index is 12.8. The number of halogens is 3. The van der Waals surface area contributed by atoms with Crippen LogP contribution < -0.4 is 16.0 Å². The largest absolute Gasteiger partial charge is 0.416 e. The predicted molar refractivity (Wildman–Crippen MR) is 112 cm³/mol. The quantitative estimate of drug-likeness (QED) is 0.623. The van der Waals surface area contributed by atoms with Crippen LogP contribution >= 0.6 is 11.8 Å². The van der Waals surface area contributed by atoms with E-state index in [1.54, 1.807) is 12.1 Å². The van der Waals surface area contributed by atoms with Crippen LogP contribution in [-0.4, -0.2) is 29.5 Å². The van der Waals surface area contributed by atoms with Gasteiger partial charge in [0, 0.05) is 17.0 Å². The van der Waals surface area contributed by atoms with Gasteiger partial charge in [-0.15, -0.1) is 11.8 Å². The number of anilines is 2. The Kier molecular flexibility index (Phi) is 6.89. The zero-order chi connectivity index (χ0) is 22.6. The molecule has 0 bridgehead atoms. The SMILES string of the molecule is CCc1ccccc1NC(=O)CNC(=O)C[C@@H]1Sc2ccc(C(F)(F)F)cc2NC1=O.